The SMILES string of the molecule is CC(O)CC[S@](=N)(=O)CC[C@H](N)C(=O)OC(C)(C)C. The van der Waals surface area contributed by atoms with Gasteiger partial charge >= 0.3 is 5.97 Å². The number of aliphatic hydroxyl groups is 1. The second kappa shape index (κ2) is 7.21. The Morgan fingerprint density at radius 3 is 2.26 bits per heavy atom. The number of hydrogen-bond acceptors (Lipinski definition) is 6. The Kier molecular flexibility index (Phi) is 6.96. The average molecular weight is 294 g/mol. The molecule has 0 aliphatic carbocycles. The number of nitrogens with one attached hydrogen (secondary N) is 1. The smallest absolute Gasteiger partial charge is 0.323 e. The quantitative estimate of drug-likeness (QED) is 0.603. The van der Waals surface area contributed by atoms with Gasteiger partial charge in [0.2, 0.25) is 0 Å². The van der Waals surface area contributed by atoms with Crippen molar-refractivity contribution in [3.8, 4) is 0 Å². The van der Waals surface area contributed by atoms with E-state index < -0.39 is 33.4 Å². The highest BCUT2D eigenvalue weighted by atomic mass is 32.2. The van der Waals surface area contributed by atoms with Crippen LogP contribution in [0.4, 0.5) is 0 Å². The van der Waals surface area contributed by atoms with Gasteiger partial charge in [-0.05, 0) is 40.5 Å². The van der Waals surface area contributed by atoms with Crippen LogP contribution >= 0.6 is 0 Å². The van der Waals surface area contributed by atoms with Crippen molar-refractivity contribution in [3.05, 3.63) is 0 Å². The first kappa shape index (κ1) is 18.3. The molecule has 0 aromatic rings. The standard InChI is InChI=1S/C12H26N2O4S/c1-9(15)5-7-19(14,17)8-6-10(13)11(16)18-12(2,3)4/h9-10,14-15H,5-8,13H2,1-4H3/t9?,10-,19-/m0/s1. The Balaban J connectivity index is 4.21. The molecule has 0 saturated carbocycles. The molecule has 4 N–H and O–H groups in total. The summed E-state index contributed by atoms with van der Waals surface area (Å²) >= 11 is 0. The molecule has 0 bridgehead atoms. The van der Waals surface area contributed by atoms with Gasteiger partial charge in [-0.15, -0.1) is 0 Å². The molecule has 0 fully saturated rings. The molecule has 0 aromatic carbocycles. The Bertz CT molecular complexity index is 385. The van der Waals surface area contributed by atoms with Gasteiger partial charge in [0.15, 0.2) is 0 Å². The van der Waals surface area contributed by atoms with E-state index in [1.54, 1.807) is 27.7 Å². The molecule has 6 nitrogen and oxygen atoms in total. The van der Waals surface area contributed by atoms with Crippen LogP contribution in [0.1, 0.15) is 40.5 Å². The van der Waals surface area contributed by atoms with Crippen molar-refractivity contribution in [1.82, 2.24) is 0 Å². The minimum Gasteiger partial charge on any atom is -0.459 e. The van der Waals surface area contributed by atoms with Crippen LogP contribution in [0.15, 0.2) is 0 Å². The number of carbonyl (C=O) groups excluding carboxylic acids is 1. The lowest BCUT2D eigenvalue weighted by atomic mass is 10.2. The van der Waals surface area contributed by atoms with Crippen LogP contribution in [-0.2, 0) is 19.3 Å². The topological polar surface area (TPSA) is 113 Å². The minimum atomic E-state index is -2.80. The molecule has 0 spiro atoms. The van der Waals surface area contributed by atoms with E-state index in [1.165, 1.54) is 0 Å². The molecule has 19 heavy (non-hydrogen) atoms. The van der Waals surface area contributed by atoms with Gasteiger partial charge in [-0.25, -0.2) is 4.21 Å². The number of aliphatic hydroxyl groups excluding tert-OH is 1. The van der Waals surface area contributed by atoms with Gasteiger partial charge in [-0.2, -0.15) is 0 Å². The van der Waals surface area contributed by atoms with Gasteiger partial charge in [-0.1, -0.05) is 0 Å². The first-order valence-corrected chi connectivity index (χ1v) is 8.23. The van der Waals surface area contributed by atoms with Crippen LogP contribution < -0.4 is 5.73 Å². The molecule has 0 aliphatic rings. The maximum absolute atomic E-state index is 11.9. The molecular weight excluding hydrogens is 268 g/mol. The van der Waals surface area contributed by atoms with Crippen molar-refractivity contribution in [2.24, 2.45) is 5.73 Å². The third kappa shape index (κ3) is 9.86. The van der Waals surface area contributed by atoms with Crippen molar-refractivity contribution in [3.63, 3.8) is 0 Å². The Hall–Kier alpha value is -0.660. The number of carbonyl (C=O) groups is 1. The van der Waals surface area contributed by atoms with Gasteiger partial charge < -0.3 is 15.6 Å². The van der Waals surface area contributed by atoms with Crippen molar-refractivity contribution in [1.29, 1.82) is 4.78 Å². The lowest BCUT2D eigenvalue weighted by Crippen LogP contribution is -2.38. The molecular formula is C12H26N2O4S. The normalized spacial score (nSPS) is 18.4. The van der Waals surface area contributed by atoms with E-state index in [0.29, 0.717) is 6.42 Å². The van der Waals surface area contributed by atoms with E-state index in [9.17, 15) is 9.00 Å². The van der Waals surface area contributed by atoms with Crippen LogP contribution in [0.2, 0.25) is 0 Å². The summed E-state index contributed by atoms with van der Waals surface area (Å²) in [6, 6.07) is -0.864. The highest BCUT2D eigenvalue weighted by Crippen LogP contribution is 2.10. The van der Waals surface area contributed by atoms with Gasteiger partial charge in [0.05, 0.1) is 6.10 Å². The Morgan fingerprint density at radius 1 is 1.37 bits per heavy atom. The van der Waals surface area contributed by atoms with Crippen LogP contribution in [0, 0.1) is 4.78 Å². The van der Waals surface area contributed by atoms with Crippen LogP contribution in [0.25, 0.3) is 0 Å². The highest BCUT2D eigenvalue weighted by Gasteiger charge is 2.23. The molecule has 0 saturated heterocycles. The number of hydrogen-bond donors (Lipinski definition) is 3. The molecule has 7 heteroatoms. The van der Waals surface area contributed by atoms with E-state index in [0.717, 1.165) is 0 Å². The molecule has 114 valence electrons. The average Bonchev–Trinajstić information content (AvgIpc) is 2.21. The van der Waals surface area contributed by atoms with Gasteiger partial charge in [-0.3, -0.25) is 9.57 Å². The fourth-order valence-corrected chi connectivity index (χ4v) is 2.84. The third-order valence-corrected chi connectivity index (χ3v) is 4.12. The van der Waals surface area contributed by atoms with E-state index in [4.69, 9.17) is 20.4 Å². The number of nitrogens with two attached hydrogens (primary N) is 1. The van der Waals surface area contributed by atoms with Crippen molar-refractivity contribution >= 4 is 15.7 Å². The van der Waals surface area contributed by atoms with Crippen molar-refractivity contribution in [2.45, 2.75) is 58.3 Å². The van der Waals surface area contributed by atoms with E-state index >= 15 is 0 Å². The lowest BCUT2D eigenvalue weighted by molar-refractivity contribution is -0.156. The second-order valence-electron chi connectivity index (χ2n) is 5.79. The monoisotopic (exact) mass is 294 g/mol. The summed E-state index contributed by atoms with van der Waals surface area (Å²) in [5, 5.41) is 9.10. The summed E-state index contributed by atoms with van der Waals surface area (Å²) in [5.41, 5.74) is 5.05. The maximum atomic E-state index is 11.9. The molecule has 1 unspecified atom stereocenters. The molecule has 3 atom stereocenters. The number of ether oxygens (including phenoxy) is 1. The summed E-state index contributed by atoms with van der Waals surface area (Å²) in [5.74, 6) is -0.385. The predicted molar refractivity (Wildman–Crippen MR) is 75.3 cm³/mol. The number of rotatable bonds is 7. The second-order valence-corrected chi connectivity index (χ2v) is 8.23. The first-order chi connectivity index (χ1) is 8.43. The first-order valence-electron chi connectivity index (χ1n) is 6.33. The minimum absolute atomic E-state index is 0.0418. The fourth-order valence-electron chi connectivity index (χ4n) is 1.28. The van der Waals surface area contributed by atoms with Gasteiger partial charge in [0.1, 0.15) is 11.6 Å². The zero-order chi connectivity index (χ0) is 15.3. The third-order valence-electron chi connectivity index (χ3n) is 2.33. The molecule has 0 heterocycles. The van der Waals surface area contributed by atoms with Crippen LogP contribution in [-0.4, -0.2) is 44.5 Å². The number of esters is 1. The summed E-state index contributed by atoms with van der Waals surface area (Å²) in [4.78, 5) is 11.6. The van der Waals surface area contributed by atoms with Gasteiger partial charge in [0, 0.05) is 21.2 Å². The van der Waals surface area contributed by atoms with Crippen molar-refractivity contribution in [2.75, 3.05) is 11.5 Å². The molecule has 0 aliphatic heterocycles. The lowest BCUT2D eigenvalue weighted by Gasteiger charge is -2.22. The maximum Gasteiger partial charge on any atom is 0.323 e. The molecule has 0 radical (unpaired) electrons. The molecule has 0 aromatic heterocycles. The molecule has 0 rings (SSSR count). The van der Waals surface area contributed by atoms with E-state index in [1.807, 2.05) is 0 Å². The predicted octanol–water partition coefficient (Wildman–Crippen LogP) is 0.863. The largest absolute Gasteiger partial charge is 0.459 e. The van der Waals surface area contributed by atoms with E-state index in [-0.39, 0.29) is 17.9 Å². The van der Waals surface area contributed by atoms with Crippen LogP contribution in [0.5, 0.6) is 0 Å². The highest BCUT2D eigenvalue weighted by molar-refractivity contribution is 7.92. The molecule has 0 amide bonds. The zero-order valence-corrected chi connectivity index (χ0v) is 13.0. The zero-order valence-electron chi connectivity index (χ0n) is 12.1. The Labute approximate surface area is 115 Å². The van der Waals surface area contributed by atoms with Crippen LogP contribution in [0.3, 0.4) is 0 Å². The summed E-state index contributed by atoms with van der Waals surface area (Å²) < 4.78 is 24.6. The Morgan fingerprint density at radius 2 is 1.84 bits per heavy atom. The van der Waals surface area contributed by atoms with Gasteiger partial charge in [0.25, 0.3) is 0 Å². The van der Waals surface area contributed by atoms with Crippen molar-refractivity contribution < 1.29 is 18.8 Å². The van der Waals surface area contributed by atoms with E-state index in [2.05, 4.69) is 0 Å². The summed E-state index contributed by atoms with van der Waals surface area (Å²) in [7, 11) is -2.80. The fraction of sp³-hybridized carbons (Fsp3) is 0.917. The summed E-state index contributed by atoms with van der Waals surface area (Å²) in [6.07, 6.45) is -0.119. The summed E-state index contributed by atoms with van der Waals surface area (Å²) in [6.45, 7) is 6.82.